The predicted molar refractivity (Wildman–Crippen MR) is 102 cm³/mol. The zero-order valence-electron chi connectivity index (χ0n) is 13.6. The van der Waals surface area contributed by atoms with Gasteiger partial charge in [-0.2, -0.15) is 0 Å². The molecular weight excluding hydrogens is 376 g/mol. The lowest BCUT2D eigenvalue weighted by molar-refractivity contribution is 0.412. The first kappa shape index (κ1) is 18.0. The summed E-state index contributed by atoms with van der Waals surface area (Å²) in [6, 6.07) is 7.58. The summed E-state index contributed by atoms with van der Waals surface area (Å²) in [6.45, 7) is 7.12. The van der Waals surface area contributed by atoms with Crippen LogP contribution in [0.1, 0.15) is 32.0 Å². The van der Waals surface area contributed by atoms with E-state index >= 15 is 0 Å². The van der Waals surface area contributed by atoms with Gasteiger partial charge in [0.05, 0.1) is 11.4 Å². The van der Waals surface area contributed by atoms with E-state index in [-0.39, 0.29) is 5.41 Å². The highest BCUT2D eigenvalue weighted by Gasteiger charge is 2.18. The van der Waals surface area contributed by atoms with Crippen molar-refractivity contribution in [2.75, 3.05) is 17.3 Å². The summed E-state index contributed by atoms with van der Waals surface area (Å²) in [5.41, 5.74) is 9.74. The molecule has 1 heterocycles. The minimum Gasteiger partial charge on any atom is -0.396 e. The molecule has 23 heavy (non-hydrogen) atoms. The molecule has 4 N–H and O–H groups in total. The Balaban J connectivity index is 2.27. The zero-order valence-corrected chi connectivity index (χ0v) is 15.9. The Morgan fingerprint density at radius 3 is 2.57 bits per heavy atom. The molecule has 0 amide bonds. The summed E-state index contributed by atoms with van der Waals surface area (Å²) < 4.78 is 0.848. The van der Waals surface area contributed by atoms with Gasteiger partial charge < -0.3 is 10.7 Å². The first-order chi connectivity index (χ1) is 10.7. The van der Waals surface area contributed by atoms with Crippen LogP contribution in [0.15, 0.2) is 34.9 Å². The molecule has 1 aromatic heterocycles. The molecule has 0 saturated carbocycles. The standard InChI is InChI=1S/C17H22BrClN4/c1-17(2,3)10-23(21)14-5-4-11(15(18)16(14)20)8-13-9-12(19)6-7-22-13/h4-7,9H,8,10,20-21H2,1-3H3. The van der Waals surface area contributed by atoms with Crippen LogP contribution in [0.3, 0.4) is 0 Å². The van der Waals surface area contributed by atoms with E-state index in [1.807, 2.05) is 18.2 Å². The maximum atomic E-state index is 6.27. The highest BCUT2D eigenvalue weighted by molar-refractivity contribution is 9.10. The van der Waals surface area contributed by atoms with Crippen LogP contribution in [-0.2, 0) is 6.42 Å². The fraction of sp³-hybridized carbons (Fsp3) is 0.353. The second-order valence-electron chi connectivity index (χ2n) is 6.80. The van der Waals surface area contributed by atoms with E-state index in [1.165, 1.54) is 0 Å². The Hall–Kier alpha value is -1.30. The highest BCUT2D eigenvalue weighted by Crippen LogP contribution is 2.34. The second kappa shape index (κ2) is 7.07. The maximum Gasteiger partial charge on any atom is 0.0758 e. The maximum absolute atomic E-state index is 6.27. The Morgan fingerprint density at radius 1 is 1.26 bits per heavy atom. The third kappa shape index (κ3) is 4.83. The summed E-state index contributed by atoms with van der Waals surface area (Å²) in [5, 5.41) is 2.37. The number of aromatic nitrogens is 1. The number of hydrogen-bond acceptors (Lipinski definition) is 4. The molecule has 0 atom stereocenters. The van der Waals surface area contributed by atoms with E-state index in [0.29, 0.717) is 23.7 Å². The van der Waals surface area contributed by atoms with Gasteiger partial charge in [-0.25, -0.2) is 5.84 Å². The van der Waals surface area contributed by atoms with Gasteiger partial charge >= 0.3 is 0 Å². The molecule has 124 valence electrons. The Morgan fingerprint density at radius 2 is 1.96 bits per heavy atom. The van der Waals surface area contributed by atoms with Gasteiger partial charge in [0, 0.05) is 34.4 Å². The van der Waals surface area contributed by atoms with Gasteiger partial charge in [-0.15, -0.1) is 0 Å². The molecule has 0 spiro atoms. The molecule has 0 saturated heterocycles. The number of nitrogen functional groups attached to an aromatic ring is 1. The van der Waals surface area contributed by atoms with Gasteiger partial charge in [0.1, 0.15) is 0 Å². The van der Waals surface area contributed by atoms with Crippen LogP contribution >= 0.6 is 27.5 Å². The fourth-order valence-electron chi connectivity index (χ4n) is 2.35. The first-order valence-corrected chi connectivity index (χ1v) is 8.54. The van der Waals surface area contributed by atoms with Crippen LogP contribution in [0.25, 0.3) is 0 Å². The summed E-state index contributed by atoms with van der Waals surface area (Å²) in [7, 11) is 0. The summed E-state index contributed by atoms with van der Waals surface area (Å²) in [6.07, 6.45) is 2.35. The van der Waals surface area contributed by atoms with E-state index in [4.69, 9.17) is 23.2 Å². The topological polar surface area (TPSA) is 68.2 Å². The van der Waals surface area contributed by atoms with Crippen molar-refractivity contribution in [3.05, 3.63) is 51.2 Å². The highest BCUT2D eigenvalue weighted by atomic mass is 79.9. The average molecular weight is 398 g/mol. The number of halogens is 2. The van der Waals surface area contributed by atoms with Gasteiger partial charge in [0.25, 0.3) is 0 Å². The number of rotatable bonds is 4. The molecule has 2 rings (SSSR count). The number of hydrogen-bond donors (Lipinski definition) is 2. The third-order valence-electron chi connectivity index (χ3n) is 3.34. The molecule has 0 radical (unpaired) electrons. The van der Waals surface area contributed by atoms with Gasteiger partial charge in [0.2, 0.25) is 0 Å². The zero-order chi connectivity index (χ0) is 17.2. The molecule has 0 aliphatic heterocycles. The van der Waals surface area contributed by atoms with Crippen molar-refractivity contribution in [3.8, 4) is 0 Å². The normalized spacial score (nSPS) is 11.6. The van der Waals surface area contributed by atoms with Crippen LogP contribution in [0, 0.1) is 5.41 Å². The quantitative estimate of drug-likeness (QED) is 0.456. The van der Waals surface area contributed by atoms with Crippen LogP contribution < -0.4 is 16.6 Å². The SMILES string of the molecule is CC(C)(C)CN(N)c1ccc(Cc2cc(Cl)ccn2)c(Br)c1N. The van der Waals surface area contributed by atoms with Crippen LogP contribution in [-0.4, -0.2) is 11.5 Å². The number of anilines is 2. The van der Waals surface area contributed by atoms with Crippen molar-refractivity contribution < 1.29 is 0 Å². The Bertz CT molecular complexity index is 697. The number of nitrogens with zero attached hydrogens (tertiary/aromatic N) is 2. The lowest BCUT2D eigenvalue weighted by atomic mass is 9.96. The van der Waals surface area contributed by atoms with Crippen LogP contribution in [0.4, 0.5) is 11.4 Å². The summed E-state index contributed by atoms with van der Waals surface area (Å²) >= 11 is 9.60. The van der Waals surface area contributed by atoms with Gasteiger partial charge in [-0.1, -0.05) is 38.4 Å². The Kier molecular flexibility index (Phi) is 5.55. The molecule has 0 aliphatic carbocycles. The van der Waals surface area contributed by atoms with Crippen molar-refractivity contribution in [1.82, 2.24) is 4.98 Å². The minimum absolute atomic E-state index is 0.0804. The van der Waals surface area contributed by atoms with Crippen molar-refractivity contribution in [3.63, 3.8) is 0 Å². The lowest BCUT2D eigenvalue weighted by Crippen LogP contribution is -2.38. The molecule has 0 aliphatic rings. The lowest BCUT2D eigenvalue weighted by Gasteiger charge is -2.29. The van der Waals surface area contributed by atoms with Gasteiger partial charge in [-0.3, -0.25) is 4.98 Å². The van der Waals surface area contributed by atoms with Crippen molar-refractivity contribution in [2.24, 2.45) is 11.3 Å². The third-order valence-corrected chi connectivity index (χ3v) is 4.51. The molecule has 1 aromatic carbocycles. The number of hydrazine groups is 1. The molecule has 0 fully saturated rings. The van der Waals surface area contributed by atoms with Gasteiger partial charge in [0.15, 0.2) is 0 Å². The monoisotopic (exact) mass is 396 g/mol. The molecular formula is C17H22BrClN4. The molecule has 6 heteroatoms. The minimum atomic E-state index is 0.0804. The summed E-state index contributed by atoms with van der Waals surface area (Å²) in [5.74, 6) is 6.18. The molecule has 0 bridgehead atoms. The molecule has 4 nitrogen and oxygen atoms in total. The largest absolute Gasteiger partial charge is 0.396 e. The van der Waals surface area contributed by atoms with Crippen molar-refractivity contribution in [2.45, 2.75) is 27.2 Å². The number of benzene rings is 1. The van der Waals surface area contributed by atoms with E-state index in [2.05, 4.69) is 41.7 Å². The predicted octanol–water partition coefficient (Wildman–Crippen LogP) is 4.40. The molecule has 0 unspecified atom stereocenters. The van der Waals surface area contributed by atoms with Crippen LogP contribution in [0.2, 0.25) is 5.02 Å². The van der Waals surface area contributed by atoms with E-state index in [1.54, 1.807) is 17.3 Å². The number of nitrogens with two attached hydrogens (primary N) is 2. The van der Waals surface area contributed by atoms with E-state index < -0.39 is 0 Å². The summed E-state index contributed by atoms with van der Waals surface area (Å²) in [4.78, 5) is 4.33. The fourth-order valence-corrected chi connectivity index (χ4v) is 3.01. The van der Waals surface area contributed by atoms with Crippen LogP contribution in [0.5, 0.6) is 0 Å². The number of pyridine rings is 1. The Labute approximate surface area is 150 Å². The first-order valence-electron chi connectivity index (χ1n) is 7.37. The van der Waals surface area contributed by atoms with Crippen molar-refractivity contribution in [1.29, 1.82) is 0 Å². The van der Waals surface area contributed by atoms with E-state index in [9.17, 15) is 0 Å². The van der Waals surface area contributed by atoms with Gasteiger partial charge in [-0.05, 0) is 45.1 Å². The van der Waals surface area contributed by atoms with E-state index in [0.717, 1.165) is 21.4 Å². The average Bonchev–Trinajstić information content (AvgIpc) is 2.42. The van der Waals surface area contributed by atoms with Crippen molar-refractivity contribution >= 4 is 38.9 Å². The smallest absolute Gasteiger partial charge is 0.0758 e. The molecule has 2 aromatic rings. The second-order valence-corrected chi connectivity index (χ2v) is 8.03.